The third-order valence-corrected chi connectivity index (χ3v) is 8.94. The summed E-state index contributed by atoms with van der Waals surface area (Å²) in [4.78, 5) is 0. The van der Waals surface area contributed by atoms with E-state index in [1.165, 1.54) is 83.5 Å². The fourth-order valence-corrected chi connectivity index (χ4v) is 6.20. The van der Waals surface area contributed by atoms with Crippen LogP contribution in [0.5, 0.6) is 0 Å². The topological polar surface area (TPSA) is 18.5 Å². The lowest BCUT2D eigenvalue weighted by molar-refractivity contribution is 0.0982. The van der Waals surface area contributed by atoms with Gasteiger partial charge in [-0.15, -0.1) is 0 Å². The quantitative estimate of drug-likeness (QED) is 0.169. The standard InChI is InChI=1S/C22H48O2Si/c1-6-11-12-13-14-15-16-17-18-21-23-25(9-4,10-5)24-22(19-7-2)20-8-3/h22H,6-21H2,1-5H3. The molecule has 0 aromatic heterocycles. The summed E-state index contributed by atoms with van der Waals surface area (Å²) in [6.07, 6.45) is 17.5. The maximum Gasteiger partial charge on any atom is 0.337 e. The van der Waals surface area contributed by atoms with Gasteiger partial charge < -0.3 is 8.85 Å². The molecule has 152 valence electrons. The van der Waals surface area contributed by atoms with E-state index in [1.54, 1.807) is 0 Å². The van der Waals surface area contributed by atoms with Crippen LogP contribution in [0, 0.1) is 0 Å². The molecule has 0 amide bonds. The molecule has 0 saturated carbocycles. The first-order valence-corrected chi connectivity index (χ1v) is 13.7. The molecule has 0 aliphatic rings. The molecule has 0 aliphatic carbocycles. The van der Waals surface area contributed by atoms with E-state index in [2.05, 4.69) is 34.6 Å². The van der Waals surface area contributed by atoms with Crippen LogP contribution >= 0.6 is 0 Å². The summed E-state index contributed by atoms with van der Waals surface area (Å²) in [5, 5.41) is 0. The van der Waals surface area contributed by atoms with E-state index in [0.717, 1.165) is 18.7 Å². The highest BCUT2D eigenvalue weighted by Gasteiger charge is 2.35. The zero-order valence-electron chi connectivity index (χ0n) is 18.2. The Morgan fingerprint density at radius 1 is 0.600 bits per heavy atom. The van der Waals surface area contributed by atoms with E-state index in [9.17, 15) is 0 Å². The lowest BCUT2D eigenvalue weighted by Gasteiger charge is -2.33. The SMILES string of the molecule is CCCCCCCCCCCO[Si](CC)(CC)OC(CCC)CCC. The van der Waals surface area contributed by atoms with Gasteiger partial charge in [0, 0.05) is 12.7 Å². The van der Waals surface area contributed by atoms with Crippen molar-refractivity contribution in [3.05, 3.63) is 0 Å². The average molecular weight is 373 g/mol. The van der Waals surface area contributed by atoms with Crippen LogP contribution in [-0.2, 0) is 8.85 Å². The largest absolute Gasteiger partial charge is 0.394 e. The van der Waals surface area contributed by atoms with Crippen molar-refractivity contribution in [3.63, 3.8) is 0 Å². The lowest BCUT2D eigenvalue weighted by atomic mass is 10.1. The summed E-state index contributed by atoms with van der Waals surface area (Å²) < 4.78 is 13.0. The van der Waals surface area contributed by atoms with Gasteiger partial charge in [0.1, 0.15) is 0 Å². The van der Waals surface area contributed by atoms with Gasteiger partial charge in [0.15, 0.2) is 0 Å². The van der Waals surface area contributed by atoms with Crippen molar-refractivity contribution in [2.24, 2.45) is 0 Å². The highest BCUT2D eigenvalue weighted by Crippen LogP contribution is 2.24. The maximum absolute atomic E-state index is 6.62. The molecular weight excluding hydrogens is 324 g/mol. The predicted molar refractivity (Wildman–Crippen MR) is 115 cm³/mol. The number of unbranched alkanes of at least 4 members (excludes halogenated alkanes) is 8. The Kier molecular flexibility index (Phi) is 17.6. The smallest absolute Gasteiger partial charge is 0.337 e. The molecule has 0 atom stereocenters. The maximum atomic E-state index is 6.62. The minimum atomic E-state index is -1.97. The van der Waals surface area contributed by atoms with Crippen LogP contribution in [0.3, 0.4) is 0 Å². The zero-order valence-corrected chi connectivity index (χ0v) is 19.2. The van der Waals surface area contributed by atoms with Gasteiger partial charge in [0.2, 0.25) is 0 Å². The van der Waals surface area contributed by atoms with E-state index >= 15 is 0 Å². The highest BCUT2D eigenvalue weighted by molar-refractivity contribution is 6.67. The molecule has 0 fully saturated rings. The Morgan fingerprint density at radius 2 is 1.08 bits per heavy atom. The minimum absolute atomic E-state index is 0.421. The van der Waals surface area contributed by atoms with Crippen LogP contribution in [-0.4, -0.2) is 21.3 Å². The molecule has 0 spiro atoms. The van der Waals surface area contributed by atoms with Gasteiger partial charge >= 0.3 is 8.56 Å². The fourth-order valence-electron chi connectivity index (χ4n) is 3.54. The summed E-state index contributed by atoms with van der Waals surface area (Å²) in [6.45, 7) is 12.2. The van der Waals surface area contributed by atoms with Crippen molar-refractivity contribution in [1.29, 1.82) is 0 Å². The molecule has 25 heavy (non-hydrogen) atoms. The van der Waals surface area contributed by atoms with Gasteiger partial charge in [-0.1, -0.05) is 98.8 Å². The van der Waals surface area contributed by atoms with Crippen LogP contribution in [0.15, 0.2) is 0 Å². The molecule has 0 bridgehead atoms. The van der Waals surface area contributed by atoms with Gasteiger partial charge in [-0.25, -0.2) is 0 Å². The van der Waals surface area contributed by atoms with Crippen LogP contribution < -0.4 is 0 Å². The van der Waals surface area contributed by atoms with Gasteiger partial charge in [-0.2, -0.15) is 0 Å². The summed E-state index contributed by atoms with van der Waals surface area (Å²) in [5.74, 6) is 0. The second kappa shape index (κ2) is 17.5. The van der Waals surface area contributed by atoms with E-state index in [1.807, 2.05) is 0 Å². The predicted octanol–water partition coefficient (Wildman–Crippen LogP) is 8.00. The molecule has 0 saturated heterocycles. The van der Waals surface area contributed by atoms with Gasteiger partial charge in [0.05, 0.1) is 0 Å². The zero-order chi connectivity index (χ0) is 18.8. The molecular formula is C22H48O2Si. The second-order valence-electron chi connectivity index (χ2n) is 7.61. The first-order chi connectivity index (χ1) is 12.2. The Hall–Kier alpha value is 0.137. The molecule has 0 N–H and O–H groups in total. The second-order valence-corrected chi connectivity index (χ2v) is 11.4. The van der Waals surface area contributed by atoms with Gasteiger partial charge in [-0.05, 0) is 31.4 Å². The van der Waals surface area contributed by atoms with E-state index in [4.69, 9.17) is 8.85 Å². The average Bonchev–Trinajstić information content (AvgIpc) is 2.62. The molecule has 3 heteroatoms. The minimum Gasteiger partial charge on any atom is -0.394 e. The first-order valence-electron chi connectivity index (χ1n) is 11.5. The molecule has 0 rings (SSSR count). The molecule has 0 aliphatic heterocycles. The lowest BCUT2D eigenvalue weighted by Crippen LogP contribution is -2.44. The van der Waals surface area contributed by atoms with Crippen molar-refractivity contribution in [2.45, 2.75) is 136 Å². The van der Waals surface area contributed by atoms with Gasteiger partial charge in [0.25, 0.3) is 0 Å². The van der Waals surface area contributed by atoms with Crippen LogP contribution in [0.2, 0.25) is 12.1 Å². The van der Waals surface area contributed by atoms with E-state index in [0.29, 0.717) is 6.10 Å². The number of hydrogen-bond acceptors (Lipinski definition) is 2. The van der Waals surface area contributed by atoms with Crippen LogP contribution in [0.25, 0.3) is 0 Å². The first kappa shape index (κ1) is 25.1. The van der Waals surface area contributed by atoms with E-state index < -0.39 is 8.56 Å². The summed E-state index contributed by atoms with van der Waals surface area (Å²) in [6, 6.07) is 2.18. The van der Waals surface area contributed by atoms with Crippen molar-refractivity contribution in [1.82, 2.24) is 0 Å². The Bertz CT molecular complexity index is 261. The monoisotopic (exact) mass is 372 g/mol. The van der Waals surface area contributed by atoms with Gasteiger partial charge in [-0.3, -0.25) is 0 Å². The fraction of sp³-hybridized carbons (Fsp3) is 1.00. The van der Waals surface area contributed by atoms with Crippen molar-refractivity contribution < 1.29 is 8.85 Å². The van der Waals surface area contributed by atoms with Crippen molar-refractivity contribution >= 4 is 8.56 Å². The Balaban J connectivity index is 3.97. The summed E-state index contributed by atoms with van der Waals surface area (Å²) in [5.41, 5.74) is 0. The molecule has 0 aromatic rings. The molecule has 0 radical (unpaired) electrons. The summed E-state index contributed by atoms with van der Waals surface area (Å²) in [7, 11) is -1.97. The summed E-state index contributed by atoms with van der Waals surface area (Å²) >= 11 is 0. The number of rotatable bonds is 19. The van der Waals surface area contributed by atoms with Crippen LogP contribution in [0.4, 0.5) is 0 Å². The highest BCUT2D eigenvalue weighted by atomic mass is 28.4. The molecule has 0 aromatic carbocycles. The molecule has 2 nitrogen and oxygen atoms in total. The Labute approximate surface area is 160 Å². The number of hydrogen-bond donors (Lipinski definition) is 0. The third-order valence-electron chi connectivity index (χ3n) is 5.29. The Morgan fingerprint density at radius 3 is 1.52 bits per heavy atom. The normalized spacial score (nSPS) is 12.2. The van der Waals surface area contributed by atoms with Crippen LogP contribution in [0.1, 0.15) is 118 Å². The molecule has 0 unspecified atom stereocenters. The van der Waals surface area contributed by atoms with Crippen molar-refractivity contribution in [3.8, 4) is 0 Å². The molecule has 0 heterocycles. The van der Waals surface area contributed by atoms with Crippen molar-refractivity contribution in [2.75, 3.05) is 6.61 Å². The van der Waals surface area contributed by atoms with E-state index in [-0.39, 0.29) is 0 Å². The third kappa shape index (κ3) is 13.0.